The molecule has 82 valence electrons. The number of nitrogens with zero attached hydrogens (tertiary/aromatic N) is 1. The van der Waals surface area contributed by atoms with E-state index in [1.807, 2.05) is 0 Å². The van der Waals surface area contributed by atoms with Gasteiger partial charge in [0.05, 0.1) is 0 Å². The largest absolute Gasteiger partial charge is 0.370 e. The standard InChI is InChI=1S/C13H20N2/c1-2-11-5-3-7-13(9-11)15-8-4-6-12(14)10-15/h3,5,7,9,12H,2,4,6,8,10,14H2,1H3. The molecule has 1 aromatic rings. The molecule has 2 heteroatoms. The maximum Gasteiger partial charge on any atom is 0.0369 e. The molecule has 0 aliphatic carbocycles. The van der Waals surface area contributed by atoms with Gasteiger partial charge in [0.2, 0.25) is 0 Å². The van der Waals surface area contributed by atoms with Gasteiger partial charge in [0.1, 0.15) is 0 Å². The molecule has 0 spiro atoms. The van der Waals surface area contributed by atoms with Gasteiger partial charge in [-0.2, -0.15) is 0 Å². The van der Waals surface area contributed by atoms with Crippen LogP contribution in [0.25, 0.3) is 0 Å². The Hall–Kier alpha value is -1.02. The zero-order valence-electron chi connectivity index (χ0n) is 9.45. The number of hydrogen-bond donors (Lipinski definition) is 1. The topological polar surface area (TPSA) is 29.3 Å². The number of hydrogen-bond acceptors (Lipinski definition) is 2. The second kappa shape index (κ2) is 4.67. The Morgan fingerprint density at radius 2 is 2.33 bits per heavy atom. The number of piperidine rings is 1. The van der Waals surface area contributed by atoms with Crippen LogP contribution in [0.1, 0.15) is 25.3 Å². The fourth-order valence-corrected chi connectivity index (χ4v) is 2.22. The highest BCUT2D eigenvalue weighted by Crippen LogP contribution is 2.20. The summed E-state index contributed by atoms with van der Waals surface area (Å²) in [6.07, 6.45) is 3.50. The lowest BCUT2D eigenvalue weighted by molar-refractivity contribution is 0.506. The SMILES string of the molecule is CCc1cccc(N2CCCC(N)C2)c1. The van der Waals surface area contributed by atoms with Crippen molar-refractivity contribution in [3.63, 3.8) is 0 Å². The first-order valence-electron chi connectivity index (χ1n) is 5.89. The minimum absolute atomic E-state index is 0.351. The van der Waals surface area contributed by atoms with E-state index >= 15 is 0 Å². The molecule has 1 atom stereocenters. The van der Waals surface area contributed by atoms with Crippen molar-refractivity contribution in [1.29, 1.82) is 0 Å². The average molecular weight is 204 g/mol. The lowest BCUT2D eigenvalue weighted by Crippen LogP contribution is -2.42. The highest BCUT2D eigenvalue weighted by atomic mass is 15.1. The summed E-state index contributed by atoms with van der Waals surface area (Å²) in [6.45, 7) is 4.36. The van der Waals surface area contributed by atoms with E-state index in [0.29, 0.717) is 6.04 Å². The Bertz CT molecular complexity index is 322. The molecular weight excluding hydrogens is 184 g/mol. The van der Waals surface area contributed by atoms with E-state index in [9.17, 15) is 0 Å². The minimum Gasteiger partial charge on any atom is -0.370 e. The number of aryl methyl sites for hydroxylation is 1. The Labute approximate surface area is 92.1 Å². The van der Waals surface area contributed by atoms with Crippen LogP contribution in [-0.2, 0) is 6.42 Å². The van der Waals surface area contributed by atoms with Crippen molar-refractivity contribution in [2.24, 2.45) is 5.73 Å². The van der Waals surface area contributed by atoms with Crippen LogP contribution in [0.4, 0.5) is 5.69 Å². The van der Waals surface area contributed by atoms with Crippen LogP contribution in [0.3, 0.4) is 0 Å². The first kappa shape index (κ1) is 10.5. The van der Waals surface area contributed by atoms with Crippen molar-refractivity contribution in [2.75, 3.05) is 18.0 Å². The summed E-state index contributed by atoms with van der Waals surface area (Å²) in [5.74, 6) is 0. The highest BCUT2D eigenvalue weighted by molar-refractivity contribution is 5.49. The summed E-state index contributed by atoms with van der Waals surface area (Å²) in [4.78, 5) is 2.41. The van der Waals surface area contributed by atoms with Crippen LogP contribution in [0.2, 0.25) is 0 Å². The van der Waals surface area contributed by atoms with E-state index in [-0.39, 0.29) is 0 Å². The fourth-order valence-electron chi connectivity index (χ4n) is 2.22. The summed E-state index contributed by atoms with van der Waals surface area (Å²) < 4.78 is 0. The van der Waals surface area contributed by atoms with Crippen molar-refractivity contribution in [3.05, 3.63) is 29.8 Å². The van der Waals surface area contributed by atoms with Crippen LogP contribution < -0.4 is 10.6 Å². The lowest BCUT2D eigenvalue weighted by Gasteiger charge is -2.32. The molecule has 1 aliphatic heterocycles. The molecule has 1 unspecified atom stereocenters. The van der Waals surface area contributed by atoms with Gasteiger partial charge in [-0.25, -0.2) is 0 Å². The van der Waals surface area contributed by atoms with Crippen molar-refractivity contribution in [2.45, 2.75) is 32.2 Å². The van der Waals surface area contributed by atoms with E-state index < -0.39 is 0 Å². The molecule has 2 rings (SSSR count). The fraction of sp³-hybridized carbons (Fsp3) is 0.538. The predicted octanol–water partition coefficient (Wildman–Crippen LogP) is 2.18. The van der Waals surface area contributed by atoms with Crippen LogP contribution in [0.15, 0.2) is 24.3 Å². The van der Waals surface area contributed by atoms with Crippen LogP contribution >= 0.6 is 0 Å². The average Bonchev–Trinajstić information content (AvgIpc) is 2.29. The number of benzene rings is 1. The Morgan fingerprint density at radius 1 is 1.47 bits per heavy atom. The Kier molecular flexibility index (Phi) is 3.27. The normalized spacial score (nSPS) is 21.7. The third kappa shape index (κ3) is 2.51. The molecule has 0 radical (unpaired) electrons. The molecule has 1 heterocycles. The van der Waals surface area contributed by atoms with Gasteiger partial charge in [-0.15, -0.1) is 0 Å². The van der Waals surface area contributed by atoms with E-state index in [1.54, 1.807) is 0 Å². The molecule has 2 N–H and O–H groups in total. The van der Waals surface area contributed by atoms with Crippen LogP contribution in [0, 0.1) is 0 Å². The molecule has 1 saturated heterocycles. The van der Waals surface area contributed by atoms with Gasteiger partial charge < -0.3 is 10.6 Å². The number of anilines is 1. The van der Waals surface area contributed by atoms with Crippen molar-refractivity contribution >= 4 is 5.69 Å². The van der Waals surface area contributed by atoms with Gasteiger partial charge >= 0.3 is 0 Å². The monoisotopic (exact) mass is 204 g/mol. The van der Waals surface area contributed by atoms with Gasteiger partial charge in [0, 0.05) is 24.8 Å². The molecule has 0 amide bonds. The molecule has 1 aliphatic rings. The third-order valence-corrected chi connectivity index (χ3v) is 3.14. The Balaban J connectivity index is 2.13. The molecule has 1 fully saturated rings. The summed E-state index contributed by atoms with van der Waals surface area (Å²) in [5.41, 5.74) is 8.74. The van der Waals surface area contributed by atoms with Gasteiger partial charge in [-0.3, -0.25) is 0 Å². The second-order valence-corrected chi connectivity index (χ2v) is 4.37. The summed E-state index contributed by atoms with van der Waals surface area (Å²) in [5, 5.41) is 0. The summed E-state index contributed by atoms with van der Waals surface area (Å²) in [6, 6.07) is 9.17. The van der Waals surface area contributed by atoms with E-state index in [1.165, 1.54) is 24.1 Å². The Morgan fingerprint density at radius 3 is 3.07 bits per heavy atom. The lowest BCUT2D eigenvalue weighted by atomic mass is 10.0. The van der Waals surface area contributed by atoms with Crippen LogP contribution in [0.5, 0.6) is 0 Å². The first-order chi connectivity index (χ1) is 7.29. The second-order valence-electron chi connectivity index (χ2n) is 4.37. The van der Waals surface area contributed by atoms with Crippen molar-refractivity contribution < 1.29 is 0 Å². The molecule has 1 aromatic carbocycles. The number of rotatable bonds is 2. The molecule has 0 bridgehead atoms. The minimum atomic E-state index is 0.351. The van der Waals surface area contributed by atoms with E-state index in [0.717, 1.165) is 19.5 Å². The summed E-state index contributed by atoms with van der Waals surface area (Å²) in [7, 11) is 0. The van der Waals surface area contributed by atoms with Gasteiger partial charge in [-0.05, 0) is 37.0 Å². The quantitative estimate of drug-likeness (QED) is 0.800. The number of nitrogens with two attached hydrogens (primary N) is 1. The van der Waals surface area contributed by atoms with Crippen molar-refractivity contribution in [3.8, 4) is 0 Å². The first-order valence-corrected chi connectivity index (χ1v) is 5.89. The molecule has 0 saturated carbocycles. The molecule has 0 aromatic heterocycles. The maximum atomic E-state index is 5.99. The van der Waals surface area contributed by atoms with E-state index in [2.05, 4.69) is 36.1 Å². The van der Waals surface area contributed by atoms with Gasteiger partial charge in [0.15, 0.2) is 0 Å². The molecule has 15 heavy (non-hydrogen) atoms. The highest BCUT2D eigenvalue weighted by Gasteiger charge is 2.16. The molecule has 2 nitrogen and oxygen atoms in total. The van der Waals surface area contributed by atoms with Crippen LogP contribution in [-0.4, -0.2) is 19.1 Å². The maximum absolute atomic E-state index is 5.99. The molecular formula is C13H20N2. The van der Waals surface area contributed by atoms with E-state index in [4.69, 9.17) is 5.73 Å². The van der Waals surface area contributed by atoms with Gasteiger partial charge in [0.25, 0.3) is 0 Å². The third-order valence-electron chi connectivity index (χ3n) is 3.14. The zero-order valence-corrected chi connectivity index (χ0v) is 9.45. The summed E-state index contributed by atoms with van der Waals surface area (Å²) >= 11 is 0. The van der Waals surface area contributed by atoms with Gasteiger partial charge in [-0.1, -0.05) is 19.1 Å². The smallest absolute Gasteiger partial charge is 0.0369 e. The predicted molar refractivity (Wildman–Crippen MR) is 65.2 cm³/mol. The zero-order chi connectivity index (χ0) is 10.7. The van der Waals surface area contributed by atoms with Crippen molar-refractivity contribution in [1.82, 2.24) is 0 Å².